The lowest BCUT2D eigenvalue weighted by atomic mass is 10.1. The molecule has 0 spiro atoms. The number of rotatable bonds is 5. The summed E-state index contributed by atoms with van der Waals surface area (Å²) >= 11 is 1.34. The molecule has 2 aromatic heterocycles. The van der Waals surface area contributed by atoms with Crippen LogP contribution in [0.4, 0.5) is 0 Å². The number of nitrogens with one attached hydrogen (secondary N) is 2. The summed E-state index contributed by atoms with van der Waals surface area (Å²) in [5.41, 5.74) is 0.543. The summed E-state index contributed by atoms with van der Waals surface area (Å²) in [6, 6.07) is 3.51. The van der Waals surface area contributed by atoms with Gasteiger partial charge in [0, 0.05) is 5.54 Å². The van der Waals surface area contributed by atoms with Gasteiger partial charge in [-0.25, -0.2) is 9.97 Å². The van der Waals surface area contributed by atoms with Crippen LogP contribution in [0.15, 0.2) is 27.8 Å². The van der Waals surface area contributed by atoms with Crippen molar-refractivity contribution < 1.29 is 14.0 Å². The van der Waals surface area contributed by atoms with E-state index in [1.54, 1.807) is 25.3 Å². The molecule has 0 aliphatic carbocycles. The molecular weight excluding hydrogens is 340 g/mol. The molecule has 0 aliphatic heterocycles. The molecule has 0 radical (unpaired) electrons. The normalized spacial score (nSPS) is 11.2. The van der Waals surface area contributed by atoms with E-state index in [0.717, 1.165) is 0 Å². The Kier molecular flexibility index (Phi) is 5.84. The molecule has 0 atom stereocenters. The van der Waals surface area contributed by atoms with Gasteiger partial charge < -0.3 is 15.1 Å². The van der Waals surface area contributed by atoms with Crippen LogP contribution in [-0.2, 0) is 4.79 Å². The van der Waals surface area contributed by atoms with Crippen LogP contribution >= 0.6 is 11.8 Å². The molecule has 0 unspecified atom stereocenters. The van der Waals surface area contributed by atoms with Crippen LogP contribution in [0.1, 0.15) is 36.8 Å². The van der Waals surface area contributed by atoms with Gasteiger partial charge >= 0.3 is 0 Å². The first-order valence-corrected chi connectivity index (χ1v) is 8.99. The van der Waals surface area contributed by atoms with E-state index in [4.69, 9.17) is 4.42 Å². The average molecular weight is 362 g/mol. The van der Waals surface area contributed by atoms with Crippen LogP contribution in [0.25, 0.3) is 11.6 Å². The standard InChI is InChI=1S/C17H22N4O3S/c1-10-13(15(23)18-9-12(22)21-17(2,3)4)16(25-5)20-14(19-10)11-7-6-8-24-11/h6-8H,9H2,1-5H3,(H,18,23)(H,21,22). The second-order valence-electron chi connectivity index (χ2n) is 6.48. The summed E-state index contributed by atoms with van der Waals surface area (Å²) in [7, 11) is 0. The number of nitrogens with zero attached hydrogens (tertiary/aromatic N) is 2. The van der Waals surface area contributed by atoms with Crippen molar-refractivity contribution in [2.75, 3.05) is 12.8 Å². The van der Waals surface area contributed by atoms with Crippen LogP contribution in [0.3, 0.4) is 0 Å². The molecule has 2 aromatic rings. The Morgan fingerprint density at radius 2 is 2.00 bits per heavy atom. The average Bonchev–Trinajstić information content (AvgIpc) is 3.04. The number of hydrogen-bond acceptors (Lipinski definition) is 6. The molecule has 0 saturated heterocycles. The van der Waals surface area contributed by atoms with Gasteiger partial charge in [-0.15, -0.1) is 11.8 Å². The highest BCUT2D eigenvalue weighted by Crippen LogP contribution is 2.24. The van der Waals surface area contributed by atoms with Gasteiger partial charge in [0.1, 0.15) is 5.03 Å². The van der Waals surface area contributed by atoms with E-state index < -0.39 is 0 Å². The van der Waals surface area contributed by atoms with Crippen LogP contribution in [0.2, 0.25) is 0 Å². The molecular formula is C17H22N4O3S. The number of aromatic nitrogens is 2. The Hall–Kier alpha value is -2.35. The van der Waals surface area contributed by atoms with Crippen molar-refractivity contribution >= 4 is 23.6 Å². The molecule has 0 bridgehead atoms. The summed E-state index contributed by atoms with van der Waals surface area (Å²) in [5, 5.41) is 5.95. The van der Waals surface area contributed by atoms with Crippen molar-refractivity contribution in [1.29, 1.82) is 0 Å². The Morgan fingerprint density at radius 1 is 1.28 bits per heavy atom. The molecule has 25 heavy (non-hydrogen) atoms. The first kappa shape index (κ1) is 19.0. The van der Waals surface area contributed by atoms with Gasteiger partial charge in [0.15, 0.2) is 11.6 Å². The third-order valence-corrected chi connectivity index (χ3v) is 3.82. The van der Waals surface area contributed by atoms with Gasteiger partial charge in [-0.05, 0) is 46.1 Å². The second kappa shape index (κ2) is 7.69. The van der Waals surface area contributed by atoms with Crippen molar-refractivity contribution in [3.05, 3.63) is 29.7 Å². The van der Waals surface area contributed by atoms with E-state index in [-0.39, 0.29) is 23.9 Å². The molecule has 2 N–H and O–H groups in total. The topological polar surface area (TPSA) is 97.1 Å². The highest BCUT2D eigenvalue weighted by atomic mass is 32.2. The lowest BCUT2D eigenvalue weighted by Crippen LogP contribution is -2.46. The minimum absolute atomic E-state index is 0.108. The Balaban J connectivity index is 2.18. The first-order chi connectivity index (χ1) is 11.7. The van der Waals surface area contributed by atoms with Crippen molar-refractivity contribution in [2.45, 2.75) is 38.3 Å². The van der Waals surface area contributed by atoms with E-state index >= 15 is 0 Å². The summed E-state index contributed by atoms with van der Waals surface area (Å²) in [6.45, 7) is 7.26. The second-order valence-corrected chi connectivity index (χ2v) is 7.27. The number of hydrogen-bond donors (Lipinski definition) is 2. The van der Waals surface area contributed by atoms with Gasteiger partial charge in [0.25, 0.3) is 5.91 Å². The maximum atomic E-state index is 12.5. The van der Waals surface area contributed by atoms with E-state index in [1.165, 1.54) is 11.8 Å². The zero-order valence-corrected chi connectivity index (χ0v) is 15.8. The summed E-state index contributed by atoms with van der Waals surface area (Å²) in [5.74, 6) is 0.332. The number of thioether (sulfide) groups is 1. The Morgan fingerprint density at radius 3 is 2.56 bits per heavy atom. The van der Waals surface area contributed by atoms with Gasteiger partial charge in [-0.3, -0.25) is 9.59 Å². The zero-order chi connectivity index (χ0) is 18.6. The molecule has 0 fully saturated rings. The maximum absolute atomic E-state index is 12.5. The summed E-state index contributed by atoms with van der Waals surface area (Å²) in [6.07, 6.45) is 3.37. The smallest absolute Gasteiger partial charge is 0.256 e. The first-order valence-electron chi connectivity index (χ1n) is 7.77. The minimum Gasteiger partial charge on any atom is -0.461 e. The van der Waals surface area contributed by atoms with Crippen molar-refractivity contribution in [3.63, 3.8) is 0 Å². The lowest BCUT2D eigenvalue weighted by molar-refractivity contribution is -0.121. The molecule has 0 aromatic carbocycles. The minimum atomic E-state index is -0.378. The molecule has 7 nitrogen and oxygen atoms in total. The molecule has 8 heteroatoms. The number of aryl methyl sites for hydroxylation is 1. The van der Waals surface area contributed by atoms with Crippen LogP contribution < -0.4 is 10.6 Å². The predicted molar refractivity (Wildman–Crippen MR) is 96.5 cm³/mol. The quantitative estimate of drug-likeness (QED) is 0.626. The molecule has 2 rings (SSSR count). The van der Waals surface area contributed by atoms with E-state index in [0.29, 0.717) is 27.9 Å². The molecule has 0 saturated carbocycles. The van der Waals surface area contributed by atoms with Crippen LogP contribution in [0.5, 0.6) is 0 Å². The van der Waals surface area contributed by atoms with Crippen molar-refractivity contribution in [3.8, 4) is 11.6 Å². The number of furan rings is 1. The van der Waals surface area contributed by atoms with Gasteiger partial charge in [0.2, 0.25) is 5.91 Å². The van der Waals surface area contributed by atoms with Gasteiger partial charge in [0.05, 0.1) is 24.1 Å². The van der Waals surface area contributed by atoms with Gasteiger partial charge in [-0.1, -0.05) is 0 Å². The zero-order valence-electron chi connectivity index (χ0n) is 15.0. The van der Waals surface area contributed by atoms with E-state index in [1.807, 2.05) is 27.0 Å². The third-order valence-electron chi connectivity index (χ3n) is 3.14. The SMILES string of the molecule is CSc1nc(-c2ccco2)nc(C)c1C(=O)NCC(=O)NC(C)(C)C. The fourth-order valence-corrected chi connectivity index (χ4v) is 2.81. The molecule has 134 valence electrons. The maximum Gasteiger partial charge on any atom is 0.256 e. The molecule has 2 heterocycles. The Labute approximate surface area is 151 Å². The largest absolute Gasteiger partial charge is 0.461 e. The molecule has 2 amide bonds. The molecule has 0 aliphatic rings. The van der Waals surface area contributed by atoms with Crippen molar-refractivity contribution in [2.24, 2.45) is 0 Å². The van der Waals surface area contributed by atoms with Crippen LogP contribution in [-0.4, -0.2) is 40.1 Å². The van der Waals surface area contributed by atoms with E-state index in [9.17, 15) is 9.59 Å². The van der Waals surface area contributed by atoms with Crippen LogP contribution in [0, 0.1) is 6.92 Å². The monoisotopic (exact) mass is 362 g/mol. The van der Waals surface area contributed by atoms with Gasteiger partial charge in [-0.2, -0.15) is 0 Å². The highest BCUT2D eigenvalue weighted by molar-refractivity contribution is 7.98. The lowest BCUT2D eigenvalue weighted by Gasteiger charge is -2.20. The Bertz CT molecular complexity index is 767. The number of carbonyl (C=O) groups excluding carboxylic acids is 2. The van der Waals surface area contributed by atoms with Crippen molar-refractivity contribution in [1.82, 2.24) is 20.6 Å². The third kappa shape index (κ3) is 5.06. The number of amides is 2. The predicted octanol–water partition coefficient (Wildman–Crippen LogP) is 2.41. The highest BCUT2D eigenvalue weighted by Gasteiger charge is 2.21. The fraction of sp³-hybridized carbons (Fsp3) is 0.412. The van der Waals surface area contributed by atoms with E-state index in [2.05, 4.69) is 20.6 Å². The fourth-order valence-electron chi connectivity index (χ4n) is 2.18. The number of carbonyl (C=O) groups is 2. The summed E-state index contributed by atoms with van der Waals surface area (Å²) < 4.78 is 5.31. The summed E-state index contributed by atoms with van der Waals surface area (Å²) in [4.78, 5) is 33.1.